The lowest BCUT2D eigenvalue weighted by atomic mass is 10.1. The predicted molar refractivity (Wildman–Crippen MR) is 116 cm³/mol. The topological polar surface area (TPSA) is 67.9 Å². The quantitative estimate of drug-likeness (QED) is 0.713. The summed E-state index contributed by atoms with van der Waals surface area (Å²) in [7, 11) is 0. The number of carbonyl (C=O) groups is 2. The van der Waals surface area contributed by atoms with Gasteiger partial charge in [0.2, 0.25) is 0 Å². The summed E-state index contributed by atoms with van der Waals surface area (Å²) in [6.45, 7) is 6.87. The molecule has 0 bridgehead atoms. The Hall–Kier alpha value is -3.02. The molecular weight excluding hydrogens is 380 g/mol. The highest BCUT2D eigenvalue weighted by Gasteiger charge is 2.18. The van der Waals surface area contributed by atoms with E-state index >= 15 is 0 Å². The molecule has 2 aromatic carbocycles. The average molecular weight is 411 g/mol. The van der Waals surface area contributed by atoms with E-state index in [1.807, 2.05) is 43.0 Å². The first kappa shape index (κ1) is 21.7. The lowest BCUT2D eigenvalue weighted by Gasteiger charge is -2.26. The van der Waals surface area contributed by atoms with Gasteiger partial charge in [-0.15, -0.1) is 0 Å². The van der Waals surface area contributed by atoms with Gasteiger partial charge in [-0.1, -0.05) is 12.1 Å². The number of hydrogen-bond acceptors (Lipinski definition) is 4. The number of nitrogens with one attached hydrogen (secondary N) is 1. The van der Waals surface area contributed by atoms with Crippen molar-refractivity contribution in [2.75, 3.05) is 26.3 Å². The summed E-state index contributed by atoms with van der Waals surface area (Å²) in [5.74, 6) is 1.09. The maximum absolute atomic E-state index is 12.6. The molecule has 1 saturated heterocycles. The molecule has 6 nitrogen and oxygen atoms in total. The SMILES string of the molecule is CCOc1ccc(C(=O)NCc2ccc(C(=O)N3CCCCC3)cc2)cc1OCC. The van der Waals surface area contributed by atoms with Gasteiger partial charge in [-0.3, -0.25) is 9.59 Å². The van der Waals surface area contributed by atoms with Crippen LogP contribution >= 0.6 is 0 Å². The fraction of sp³-hybridized carbons (Fsp3) is 0.417. The van der Waals surface area contributed by atoms with E-state index in [-0.39, 0.29) is 11.8 Å². The van der Waals surface area contributed by atoms with Gasteiger partial charge in [-0.2, -0.15) is 0 Å². The number of amides is 2. The third-order valence-corrected chi connectivity index (χ3v) is 5.10. The van der Waals surface area contributed by atoms with Crippen LogP contribution in [-0.4, -0.2) is 43.0 Å². The zero-order valence-electron chi connectivity index (χ0n) is 17.8. The Labute approximate surface area is 178 Å². The number of carbonyl (C=O) groups excluding carboxylic acids is 2. The van der Waals surface area contributed by atoms with Crippen LogP contribution in [0, 0.1) is 0 Å². The van der Waals surface area contributed by atoms with Gasteiger partial charge < -0.3 is 19.7 Å². The van der Waals surface area contributed by atoms with Crippen LogP contribution in [-0.2, 0) is 6.54 Å². The Morgan fingerprint density at radius 2 is 1.50 bits per heavy atom. The van der Waals surface area contributed by atoms with Crippen LogP contribution in [0.3, 0.4) is 0 Å². The van der Waals surface area contributed by atoms with Gasteiger partial charge in [0.05, 0.1) is 13.2 Å². The lowest BCUT2D eigenvalue weighted by Crippen LogP contribution is -2.35. The van der Waals surface area contributed by atoms with Gasteiger partial charge in [0.15, 0.2) is 11.5 Å². The maximum Gasteiger partial charge on any atom is 0.253 e. The van der Waals surface area contributed by atoms with Crippen molar-refractivity contribution in [3.63, 3.8) is 0 Å². The normalized spacial score (nSPS) is 13.6. The molecule has 0 unspecified atom stereocenters. The Bertz CT molecular complexity index is 858. The zero-order chi connectivity index (χ0) is 21.3. The van der Waals surface area contributed by atoms with E-state index in [2.05, 4.69) is 5.32 Å². The smallest absolute Gasteiger partial charge is 0.253 e. The number of benzene rings is 2. The second-order valence-electron chi connectivity index (χ2n) is 7.26. The first-order valence-electron chi connectivity index (χ1n) is 10.7. The summed E-state index contributed by atoms with van der Waals surface area (Å²) in [5.41, 5.74) is 2.15. The Morgan fingerprint density at radius 1 is 0.867 bits per heavy atom. The van der Waals surface area contributed by atoms with Gasteiger partial charge in [0, 0.05) is 30.8 Å². The van der Waals surface area contributed by atoms with Crippen molar-refractivity contribution < 1.29 is 19.1 Å². The molecule has 0 aliphatic carbocycles. The highest BCUT2D eigenvalue weighted by molar-refractivity contribution is 5.95. The van der Waals surface area contributed by atoms with E-state index in [0.717, 1.165) is 31.5 Å². The molecule has 2 amide bonds. The minimum atomic E-state index is -0.188. The lowest BCUT2D eigenvalue weighted by molar-refractivity contribution is 0.0724. The summed E-state index contributed by atoms with van der Waals surface area (Å²) in [5, 5.41) is 2.92. The molecule has 2 aromatic rings. The predicted octanol–water partition coefficient (Wildman–Crippen LogP) is 4.04. The van der Waals surface area contributed by atoms with Crippen molar-refractivity contribution in [1.29, 1.82) is 0 Å². The highest BCUT2D eigenvalue weighted by atomic mass is 16.5. The van der Waals surface area contributed by atoms with E-state index in [1.165, 1.54) is 6.42 Å². The van der Waals surface area contributed by atoms with Crippen molar-refractivity contribution in [3.8, 4) is 11.5 Å². The summed E-state index contributed by atoms with van der Waals surface area (Å²) < 4.78 is 11.1. The number of piperidine rings is 1. The van der Waals surface area contributed by atoms with E-state index in [9.17, 15) is 9.59 Å². The molecular formula is C24H30N2O4. The minimum Gasteiger partial charge on any atom is -0.490 e. The second kappa shape index (κ2) is 10.7. The first-order chi connectivity index (χ1) is 14.6. The van der Waals surface area contributed by atoms with Crippen LogP contribution in [0.5, 0.6) is 11.5 Å². The second-order valence-corrected chi connectivity index (χ2v) is 7.26. The largest absolute Gasteiger partial charge is 0.490 e. The molecule has 1 aliphatic heterocycles. The standard InChI is InChI=1S/C24H30N2O4/c1-3-29-21-13-12-20(16-22(21)30-4-2)23(27)25-17-18-8-10-19(11-9-18)24(28)26-14-6-5-7-15-26/h8-13,16H,3-7,14-15,17H2,1-2H3,(H,25,27). The van der Waals surface area contributed by atoms with E-state index in [0.29, 0.717) is 42.4 Å². The molecule has 0 saturated carbocycles. The molecule has 160 valence electrons. The van der Waals surface area contributed by atoms with Gasteiger partial charge in [-0.05, 0) is 69.0 Å². The molecule has 0 atom stereocenters. The van der Waals surface area contributed by atoms with E-state index in [4.69, 9.17) is 9.47 Å². The average Bonchev–Trinajstić information content (AvgIpc) is 2.79. The number of rotatable bonds is 8. The first-order valence-corrected chi connectivity index (χ1v) is 10.7. The monoisotopic (exact) mass is 410 g/mol. The molecule has 1 heterocycles. The molecule has 30 heavy (non-hydrogen) atoms. The maximum atomic E-state index is 12.6. The molecule has 3 rings (SSSR count). The van der Waals surface area contributed by atoms with Crippen LogP contribution < -0.4 is 14.8 Å². The van der Waals surface area contributed by atoms with Crippen molar-refractivity contribution in [2.45, 2.75) is 39.7 Å². The number of likely N-dealkylation sites (tertiary alicyclic amines) is 1. The van der Waals surface area contributed by atoms with Crippen LogP contribution in [0.1, 0.15) is 59.4 Å². The van der Waals surface area contributed by atoms with Gasteiger partial charge in [-0.25, -0.2) is 0 Å². The van der Waals surface area contributed by atoms with Crippen LogP contribution in [0.2, 0.25) is 0 Å². The third kappa shape index (κ3) is 5.53. The molecule has 0 spiro atoms. The van der Waals surface area contributed by atoms with Crippen LogP contribution in [0.15, 0.2) is 42.5 Å². The molecule has 1 fully saturated rings. The minimum absolute atomic E-state index is 0.0862. The molecule has 1 N–H and O–H groups in total. The Morgan fingerprint density at radius 3 is 2.17 bits per heavy atom. The highest BCUT2D eigenvalue weighted by Crippen LogP contribution is 2.28. The van der Waals surface area contributed by atoms with E-state index in [1.54, 1.807) is 18.2 Å². The fourth-order valence-corrected chi connectivity index (χ4v) is 3.52. The van der Waals surface area contributed by atoms with Crippen molar-refractivity contribution >= 4 is 11.8 Å². The van der Waals surface area contributed by atoms with E-state index < -0.39 is 0 Å². The summed E-state index contributed by atoms with van der Waals surface area (Å²) >= 11 is 0. The van der Waals surface area contributed by atoms with Crippen molar-refractivity contribution in [1.82, 2.24) is 10.2 Å². The fourth-order valence-electron chi connectivity index (χ4n) is 3.52. The summed E-state index contributed by atoms with van der Waals surface area (Å²) in [6.07, 6.45) is 3.35. The molecule has 0 aromatic heterocycles. The van der Waals surface area contributed by atoms with Crippen LogP contribution in [0.4, 0.5) is 0 Å². The molecule has 0 radical (unpaired) electrons. The van der Waals surface area contributed by atoms with Gasteiger partial charge in [0.1, 0.15) is 0 Å². The Balaban J connectivity index is 1.59. The number of ether oxygens (including phenoxy) is 2. The van der Waals surface area contributed by atoms with Gasteiger partial charge >= 0.3 is 0 Å². The zero-order valence-corrected chi connectivity index (χ0v) is 17.8. The van der Waals surface area contributed by atoms with Crippen molar-refractivity contribution in [2.24, 2.45) is 0 Å². The number of hydrogen-bond donors (Lipinski definition) is 1. The molecule has 1 aliphatic rings. The Kier molecular flexibility index (Phi) is 7.71. The van der Waals surface area contributed by atoms with Crippen LogP contribution in [0.25, 0.3) is 0 Å². The third-order valence-electron chi connectivity index (χ3n) is 5.10. The van der Waals surface area contributed by atoms with Crippen molar-refractivity contribution in [3.05, 3.63) is 59.2 Å². The summed E-state index contributed by atoms with van der Waals surface area (Å²) in [4.78, 5) is 27.0. The number of nitrogens with zero attached hydrogens (tertiary/aromatic N) is 1. The van der Waals surface area contributed by atoms with Gasteiger partial charge in [0.25, 0.3) is 11.8 Å². The molecule has 6 heteroatoms. The summed E-state index contributed by atoms with van der Waals surface area (Å²) in [6, 6.07) is 12.6.